The Morgan fingerprint density at radius 3 is 0.835 bits per heavy atom. The summed E-state index contributed by atoms with van der Waals surface area (Å²) in [5.41, 5.74) is 0. The van der Waals surface area contributed by atoms with Crippen molar-refractivity contribution in [2.45, 2.75) is 349 Å². The van der Waals surface area contributed by atoms with Crippen LogP contribution < -0.4 is 0 Å². The first-order valence-electron chi connectivity index (χ1n) is 34.6. The molecule has 85 heavy (non-hydrogen) atoms. The SMILES string of the molecule is CCCCCCCCCCCCCCCCCCC(=O)O[C@H](COC(=O)CCCCCCCCC(C)CC)COP(=O)(O)OC[C@@H](O)COP(=O)(O)OC[C@@H](COC(=O)CCCCCCCCCCC)OC(=O)CCCCCCCCC(C)CC. The van der Waals surface area contributed by atoms with Crippen LogP contribution in [0, 0.1) is 11.8 Å². The fourth-order valence-corrected chi connectivity index (χ4v) is 11.4. The maximum atomic E-state index is 13.0. The van der Waals surface area contributed by atoms with Gasteiger partial charge in [-0.25, -0.2) is 9.13 Å². The lowest BCUT2D eigenvalue weighted by atomic mass is 10.00. The Kier molecular flexibility index (Phi) is 57.1. The first-order valence-corrected chi connectivity index (χ1v) is 37.6. The molecule has 0 radical (unpaired) electrons. The van der Waals surface area contributed by atoms with Crippen LogP contribution in [0.15, 0.2) is 0 Å². The molecule has 0 bridgehead atoms. The van der Waals surface area contributed by atoms with Crippen LogP contribution in [0.25, 0.3) is 0 Å². The van der Waals surface area contributed by atoms with E-state index in [0.717, 1.165) is 108 Å². The van der Waals surface area contributed by atoms with Crippen molar-refractivity contribution >= 4 is 39.5 Å². The van der Waals surface area contributed by atoms with E-state index in [0.29, 0.717) is 25.7 Å². The van der Waals surface area contributed by atoms with Crippen LogP contribution in [0.1, 0.15) is 330 Å². The molecule has 0 aliphatic carbocycles. The van der Waals surface area contributed by atoms with Crippen LogP contribution >= 0.6 is 15.6 Å². The summed E-state index contributed by atoms with van der Waals surface area (Å²) in [5, 5.41) is 10.5. The highest BCUT2D eigenvalue weighted by Gasteiger charge is 2.30. The molecule has 7 atom stereocenters. The summed E-state index contributed by atoms with van der Waals surface area (Å²) in [5.74, 6) is -0.683. The number of hydrogen-bond donors (Lipinski definition) is 3. The Morgan fingerprint density at radius 1 is 0.329 bits per heavy atom. The summed E-state index contributed by atoms with van der Waals surface area (Å²) in [6.45, 7) is 9.41. The van der Waals surface area contributed by atoms with Crippen LogP contribution in [-0.4, -0.2) is 96.7 Å². The summed E-state index contributed by atoms with van der Waals surface area (Å²) >= 11 is 0. The number of aliphatic hydroxyl groups is 1. The molecular weight excluding hydrogens is 1130 g/mol. The van der Waals surface area contributed by atoms with Crippen molar-refractivity contribution < 1.29 is 80.2 Å². The number of esters is 4. The first kappa shape index (κ1) is 83.1. The molecule has 504 valence electrons. The van der Waals surface area contributed by atoms with Gasteiger partial charge in [-0.05, 0) is 37.5 Å². The fourth-order valence-electron chi connectivity index (χ4n) is 9.82. The van der Waals surface area contributed by atoms with Gasteiger partial charge in [0.15, 0.2) is 12.2 Å². The van der Waals surface area contributed by atoms with Gasteiger partial charge in [0.2, 0.25) is 0 Å². The van der Waals surface area contributed by atoms with Crippen LogP contribution in [0.4, 0.5) is 0 Å². The average molecular weight is 1260 g/mol. The highest BCUT2D eigenvalue weighted by atomic mass is 31.2. The first-order chi connectivity index (χ1) is 40.9. The Bertz CT molecular complexity index is 1670. The van der Waals surface area contributed by atoms with Crippen LogP contribution in [0.2, 0.25) is 0 Å². The predicted octanol–water partition coefficient (Wildman–Crippen LogP) is 18.4. The van der Waals surface area contributed by atoms with Crippen molar-refractivity contribution in [3.05, 3.63) is 0 Å². The summed E-state index contributed by atoms with van der Waals surface area (Å²) in [6.07, 6.45) is 41.8. The number of aliphatic hydroxyl groups excluding tert-OH is 1. The smallest absolute Gasteiger partial charge is 0.462 e. The van der Waals surface area contributed by atoms with Gasteiger partial charge >= 0.3 is 39.5 Å². The van der Waals surface area contributed by atoms with Gasteiger partial charge in [-0.3, -0.25) is 37.3 Å². The van der Waals surface area contributed by atoms with Crippen LogP contribution in [0.3, 0.4) is 0 Å². The van der Waals surface area contributed by atoms with E-state index in [1.165, 1.54) is 141 Å². The second-order valence-electron chi connectivity index (χ2n) is 24.3. The second kappa shape index (κ2) is 58.4. The van der Waals surface area contributed by atoms with Gasteiger partial charge in [0.1, 0.15) is 19.3 Å². The third-order valence-corrected chi connectivity index (χ3v) is 17.8. The van der Waals surface area contributed by atoms with Crippen molar-refractivity contribution in [1.29, 1.82) is 0 Å². The molecule has 0 amide bonds. The molecule has 0 saturated carbocycles. The van der Waals surface area contributed by atoms with Crippen molar-refractivity contribution in [3.8, 4) is 0 Å². The summed E-state index contributed by atoms with van der Waals surface area (Å²) in [6, 6.07) is 0. The molecule has 0 heterocycles. The fraction of sp³-hybridized carbons (Fsp3) is 0.939. The molecule has 0 aromatic carbocycles. The number of carbonyl (C=O) groups is 4. The number of rotatable bonds is 65. The zero-order valence-electron chi connectivity index (χ0n) is 54.9. The molecule has 0 rings (SSSR count). The van der Waals surface area contributed by atoms with Crippen molar-refractivity contribution in [2.24, 2.45) is 11.8 Å². The van der Waals surface area contributed by atoms with Crippen molar-refractivity contribution in [2.75, 3.05) is 39.6 Å². The van der Waals surface area contributed by atoms with Gasteiger partial charge in [-0.15, -0.1) is 0 Å². The summed E-state index contributed by atoms with van der Waals surface area (Å²) in [7, 11) is -9.89. The number of phosphoric acid groups is 2. The van der Waals surface area contributed by atoms with Gasteiger partial charge in [0, 0.05) is 25.7 Å². The molecular formula is C66H128O17P2. The number of phosphoric ester groups is 2. The molecule has 3 N–H and O–H groups in total. The standard InChI is InChI=1S/C66H128O17P2/c1-7-11-13-15-17-19-20-21-22-23-24-25-27-29-38-44-50-65(70)82-61(55-77-64(69)49-43-37-32-30-34-40-46-58(5)9-3)56-80-84(72,73)78-52-60(67)53-79-85(74,75)81-57-62(54-76-63(68)48-42-36-28-26-18-16-14-12-8-2)83-66(71)51-45-39-33-31-35-41-47-59(6)10-4/h58-62,67H,7-57H2,1-6H3,(H,72,73)(H,74,75)/t58?,59?,60-,61-,62-/m1/s1. The molecule has 4 unspecified atom stereocenters. The lowest BCUT2D eigenvalue weighted by Gasteiger charge is -2.21. The lowest BCUT2D eigenvalue weighted by Crippen LogP contribution is -2.30. The highest BCUT2D eigenvalue weighted by molar-refractivity contribution is 7.47. The predicted molar refractivity (Wildman–Crippen MR) is 340 cm³/mol. The van der Waals surface area contributed by atoms with Gasteiger partial charge in [-0.1, -0.05) is 279 Å². The zero-order valence-corrected chi connectivity index (χ0v) is 56.7. The van der Waals surface area contributed by atoms with E-state index in [1.807, 2.05) is 0 Å². The zero-order chi connectivity index (χ0) is 62.9. The Balaban J connectivity index is 5.22. The number of carbonyl (C=O) groups excluding carboxylic acids is 4. The molecule has 0 saturated heterocycles. The molecule has 17 nitrogen and oxygen atoms in total. The molecule has 19 heteroatoms. The minimum Gasteiger partial charge on any atom is -0.462 e. The van der Waals surface area contributed by atoms with E-state index < -0.39 is 97.5 Å². The van der Waals surface area contributed by atoms with Crippen molar-refractivity contribution in [3.63, 3.8) is 0 Å². The maximum Gasteiger partial charge on any atom is 0.472 e. The minimum atomic E-state index is -4.95. The quantitative estimate of drug-likeness (QED) is 0.0222. The monoisotopic (exact) mass is 1250 g/mol. The molecule has 0 aromatic rings. The molecule has 0 spiro atoms. The highest BCUT2D eigenvalue weighted by Crippen LogP contribution is 2.45. The van der Waals surface area contributed by atoms with Crippen LogP contribution in [-0.2, 0) is 65.4 Å². The molecule has 0 aliphatic rings. The Morgan fingerprint density at radius 2 is 0.565 bits per heavy atom. The topological polar surface area (TPSA) is 237 Å². The van der Waals surface area contributed by atoms with Crippen LogP contribution in [0.5, 0.6) is 0 Å². The van der Waals surface area contributed by atoms with Gasteiger partial charge in [0.25, 0.3) is 0 Å². The van der Waals surface area contributed by atoms with Gasteiger partial charge < -0.3 is 33.8 Å². The van der Waals surface area contributed by atoms with E-state index in [-0.39, 0.29) is 25.7 Å². The van der Waals surface area contributed by atoms with Crippen molar-refractivity contribution in [1.82, 2.24) is 0 Å². The molecule has 0 fully saturated rings. The maximum absolute atomic E-state index is 13.0. The number of unbranched alkanes of at least 4 members (excludes halogenated alkanes) is 33. The third kappa shape index (κ3) is 58.2. The minimum absolute atomic E-state index is 0.103. The largest absolute Gasteiger partial charge is 0.472 e. The van der Waals surface area contributed by atoms with E-state index >= 15 is 0 Å². The summed E-state index contributed by atoms with van der Waals surface area (Å²) in [4.78, 5) is 72.3. The Hall–Kier alpha value is -1.94. The average Bonchev–Trinajstić information content (AvgIpc) is 3.63. The lowest BCUT2D eigenvalue weighted by molar-refractivity contribution is -0.161. The van der Waals surface area contributed by atoms with Gasteiger partial charge in [-0.2, -0.15) is 0 Å². The van der Waals surface area contributed by atoms with E-state index in [4.69, 9.17) is 37.0 Å². The normalized spacial score (nSPS) is 14.9. The van der Waals surface area contributed by atoms with E-state index in [9.17, 15) is 43.2 Å². The second-order valence-corrected chi connectivity index (χ2v) is 27.2. The van der Waals surface area contributed by atoms with Gasteiger partial charge in [0.05, 0.1) is 26.4 Å². The Labute approximate surface area is 517 Å². The number of hydrogen-bond acceptors (Lipinski definition) is 15. The molecule has 0 aliphatic heterocycles. The van der Waals surface area contributed by atoms with E-state index in [2.05, 4.69) is 41.5 Å². The number of ether oxygens (including phenoxy) is 4. The third-order valence-electron chi connectivity index (χ3n) is 15.9. The molecule has 0 aromatic heterocycles. The van der Waals surface area contributed by atoms with E-state index in [1.54, 1.807) is 0 Å². The summed E-state index contributed by atoms with van der Waals surface area (Å²) < 4.78 is 68.0.